The van der Waals surface area contributed by atoms with Gasteiger partial charge < -0.3 is 15.2 Å². The molecule has 0 spiro atoms. The first-order chi connectivity index (χ1) is 11.4. The second-order valence-electron chi connectivity index (χ2n) is 6.61. The van der Waals surface area contributed by atoms with Crippen LogP contribution in [0.1, 0.15) is 32.3 Å². The van der Waals surface area contributed by atoms with Crippen molar-refractivity contribution in [3.05, 3.63) is 29.6 Å². The molecule has 2 N–H and O–H groups in total. The van der Waals surface area contributed by atoms with E-state index in [4.69, 9.17) is 4.74 Å². The van der Waals surface area contributed by atoms with Gasteiger partial charge >= 0.3 is 0 Å². The maximum atomic E-state index is 14.1. The predicted molar refractivity (Wildman–Crippen MR) is 90.2 cm³/mol. The molecule has 1 aliphatic heterocycles. The van der Waals surface area contributed by atoms with Crippen molar-refractivity contribution in [2.24, 2.45) is 5.92 Å². The number of methoxy groups -OCH3 is 1. The number of aliphatic hydroxyl groups excluding tert-OH is 1. The topological polar surface area (TPSA) is 61.8 Å². The van der Waals surface area contributed by atoms with E-state index in [0.29, 0.717) is 43.8 Å². The Morgan fingerprint density at radius 1 is 1.42 bits per heavy atom. The van der Waals surface area contributed by atoms with Crippen LogP contribution in [0.4, 0.5) is 4.39 Å². The van der Waals surface area contributed by atoms with Gasteiger partial charge in [0.05, 0.1) is 19.3 Å². The van der Waals surface area contributed by atoms with E-state index < -0.39 is 6.10 Å². The molecule has 6 heteroatoms. The average Bonchev–Trinajstić information content (AvgIpc) is 2.72. The molecule has 1 saturated heterocycles. The van der Waals surface area contributed by atoms with Crippen LogP contribution in [-0.2, 0) is 11.3 Å². The quantitative estimate of drug-likeness (QED) is 0.861. The first-order valence-electron chi connectivity index (χ1n) is 8.44. The van der Waals surface area contributed by atoms with E-state index in [1.165, 1.54) is 13.2 Å². The number of amides is 1. The highest BCUT2D eigenvalue weighted by molar-refractivity contribution is 5.78. The fourth-order valence-corrected chi connectivity index (χ4v) is 2.92. The summed E-state index contributed by atoms with van der Waals surface area (Å²) in [4.78, 5) is 14.0. The van der Waals surface area contributed by atoms with Crippen LogP contribution in [0.25, 0.3) is 0 Å². The number of likely N-dealkylation sites (tertiary alicyclic amines) is 1. The minimum atomic E-state index is -0.583. The number of rotatable bonds is 5. The number of nitrogens with one attached hydrogen (secondary N) is 1. The zero-order valence-corrected chi connectivity index (χ0v) is 14.6. The van der Waals surface area contributed by atoms with Crippen molar-refractivity contribution in [2.75, 3.05) is 20.2 Å². The lowest BCUT2D eigenvalue weighted by Crippen LogP contribution is -2.44. The van der Waals surface area contributed by atoms with Crippen molar-refractivity contribution < 1.29 is 19.0 Å². The van der Waals surface area contributed by atoms with Gasteiger partial charge in [-0.2, -0.15) is 0 Å². The Morgan fingerprint density at radius 3 is 2.79 bits per heavy atom. The van der Waals surface area contributed by atoms with Crippen LogP contribution in [0.15, 0.2) is 18.2 Å². The molecule has 1 aromatic rings. The van der Waals surface area contributed by atoms with Gasteiger partial charge in [0.2, 0.25) is 5.91 Å². The van der Waals surface area contributed by atoms with E-state index in [1.54, 1.807) is 12.1 Å². The summed E-state index contributed by atoms with van der Waals surface area (Å²) in [6.07, 6.45) is 0.594. The number of nitrogens with zero attached hydrogens (tertiary/aromatic N) is 1. The van der Waals surface area contributed by atoms with E-state index >= 15 is 0 Å². The molecule has 0 radical (unpaired) electrons. The van der Waals surface area contributed by atoms with Crippen molar-refractivity contribution in [2.45, 2.75) is 45.4 Å². The molecule has 2 atom stereocenters. The minimum Gasteiger partial charge on any atom is -0.496 e. The third kappa shape index (κ3) is 4.68. The van der Waals surface area contributed by atoms with Gasteiger partial charge in [0.15, 0.2) is 0 Å². The highest BCUT2D eigenvalue weighted by Crippen LogP contribution is 2.24. The number of hydrogen-bond acceptors (Lipinski definition) is 4. The van der Waals surface area contributed by atoms with Gasteiger partial charge in [-0.25, -0.2) is 4.39 Å². The Labute approximate surface area is 142 Å². The minimum absolute atomic E-state index is 0.0525. The van der Waals surface area contributed by atoms with E-state index in [1.807, 2.05) is 13.8 Å². The van der Waals surface area contributed by atoms with Gasteiger partial charge in [-0.1, -0.05) is 19.9 Å². The molecule has 1 amide bonds. The van der Waals surface area contributed by atoms with Crippen LogP contribution >= 0.6 is 0 Å². The van der Waals surface area contributed by atoms with Gasteiger partial charge in [-0.05, 0) is 25.0 Å². The first kappa shape index (κ1) is 18.7. The van der Waals surface area contributed by atoms with Crippen LogP contribution in [0, 0.1) is 11.7 Å². The molecule has 134 valence electrons. The normalized spacial score (nSPS) is 22.2. The standard InChI is InChI=1S/C18H27FN2O3/c1-12(2)18(23)20-15-7-9-21(10-8-16(15)22)11-13-14(19)5-4-6-17(13)24-3/h4-6,12,15-16,22H,7-11H2,1-3H3,(H,20,23)/t15-,16-/m0/s1. The second kappa shape index (κ2) is 8.44. The molecular formula is C18H27FN2O3. The van der Waals surface area contributed by atoms with Crippen molar-refractivity contribution in [1.82, 2.24) is 10.2 Å². The van der Waals surface area contributed by atoms with E-state index in [0.717, 1.165) is 0 Å². The molecule has 1 aromatic carbocycles. The second-order valence-corrected chi connectivity index (χ2v) is 6.61. The zero-order chi connectivity index (χ0) is 17.7. The third-order valence-electron chi connectivity index (χ3n) is 4.49. The largest absolute Gasteiger partial charge is 0.496 e. The number of benzene rings is 1. The summed E-state index contributed by atoms with van der Waals surface area (Å²) in [5.74, 6) is 0.0794. The fraction of sp³-hybridized carbons (Fsp3) is 0.611. The van der Waals surface area contributed by atoms with Gasteiger partial charge in [-0.15, -0.1) is 0 Å². The van der Waals surface area contributed by atoms with Crippen molar-refractivity contribution in [3.63, 3.8) is 0 Å². The summed E-state index contributed by atoms with van der Waals surface area (Å²) in [5, 5.41) is 13.2. The lowest BCUT2D eigenvalue weighted by molar-refractivity contribution is -0.125. The Balaban J connectivity index is 2.02. The molecule has 1 aliphatic rings. The van der Waals surface area contributed by atoms with Crippen LogP contribution < -0.4 is 10.1 Å². The molecule has 0 bridgehead atoms. The Morgan fingerprint density at radius 2 is 2.12 bits per heavy atom. The Bertz CT molecular complexity index is 565. The molecule has 1 fully saturated rings. The highest BCUT2D eigenvalue weighted by atomic mass is 19.1. The van der Waals surface area contributed by atoms with Crippen LogP contribution in [0.5, 0.6) is 5.75 Å². The summed E-state index contributed by atoms with van der Waals surface area (Å²) in [6.45, 7) is 5.40. The van der Waals surface area contributed by atoms with Gasteiger partial charge in [0, 0.05) is 31.1 Å². The maximum Gasteiger partial charge on any atom is 0.222 e. The molecule has 24 heavy (non-hydrogen) atoms. The monoisotopic (exact) mass is 338 g/mol. The highest BCUT2D eigenvalue weighted by Gasteiger charge is 2.27. The summed E-state index contributed by atoms with van der Waals surface area (Å²) < 4.78 is 19.3. The number of ether oxygens (including phenoxy) is 1. The molecule has 2 rings (SSSR count). The summed E-state index contributed by atoms with van der Waals surface area (Å²) in [5.41, 5.74) is 0.527. The zero-order valence-electron chi connectivity index (χ0n) is 14.6. The van der Waals surface area contributed by atoms with Gasteiger partial charge in [0.25, 0.3) is 0 Å². The Hall–Kier alpha value is -1.66. The molecule has 0 saturated carbocycles. The SMILES string of the molecule is COc1cccc(F)c1CN1CC[C@H](NC(=O)C(C)C)[C@@H](O)CC1. The lowest BCUT2D eigenvalue weighted by atomic mass is 10.1. The van der Waals surface area contributed by atoms with Crippen LogP contribution in [0.2, 0.25) is 0 Å². The third-order valence-corrected chi connectivity index (χ3v) is 4.49. The molecule has 5 nitrogen and oxygen atoms in total. The smallest absolute Gasteiger partial charge is 0.222 e. The summed E-state index contributed by atoms with van der Waals surface area (Å²) in [6, 6.07) is 4.54. The summed E-state index contributed by atoms with van der Waals surface area (Å²) in [7, 11) is 1.53. The summed E-state index contributed by atoms with van der Waals surface area (Å²) >= 11 is 0. The fourth-order valence-electron chi connectivity index (χ4n) is 2.92. The van der Waals surface area contributed by atoms with Gasteiger partial charge in [0.1, 0.15) is 11.6 Å². The number of hydrogen-bond donors (Lipinski definition) is 2. The van der Waals surface area contributed by atoms with E-state index in [2.05, 4.69) is 10.2 Å². The molecule has 0 unspecified atom stereocenters. The average molecular weight is 338 g/mol. The van der Waals surface area contributed by atoms with Crippen LogP contribution in [-0.4, -0.2) is 48.3 Å². The number of carbonyl (C=O) groups excluding carboxylic acids is 1. The Kier molecular flexibility index (Phi) is 6.57. The number of aliphatic hydroxyl groups is 1. The maximum absolute atomic E-state index is 14.1. The number of halogens is 1. The van der Waals surface area contributed by atoms with E-state index in [9.17, 15) is 14.3 Å². The molecular weight excluding hydrogens is 311 g/mol. The predicted octanol–water partition coefficient (Wildman–Crippen LogP) is 1.93. The first-order valence-corrected chi connectivity index (χ1v) is 8.44. The molecule has 0 aromatic heterocycles. The van der Waals surface area contributed by atoms with E-state index in [-0.39, 0.29) is 23.7 Å². The molecule has 0 aliphatic carbocycles. The van der Waals surface area contributed by atoms with Crippen molar-refractivity contribution in [3.8, 4) is 5.75 Å². The number of carbonyl (C=O) groups is 1. The van der Waals surface area contributed by atoms with Crippen LogP contribution in [0.3, 0.4) is 0 Å². The molecule has 1 heterocycles. The van der Waals surface area contributed by atoms with Crippen molar-refractivity contribution >= 4 is 5.91 Å². The van der Waals surface area contributed by atoms with Gasteiger partial charge in [-0.3, -0.25) is 9.69 Å². The van der Waals surface area contributed by atoms with Crippen molar-refractivity contribution in [1.29, 1.82) is 0 Å². The lowest BCUT2D eigenvalue weighted by Gasteiger charge is -2.23.